The van der Waals surface area contributed by atoms with Crippen LogP contribution in [0.25, 0.3) is 10.9 Å². The first kappa shape index (κ1) is 21.1. The fourth-order valence-electron chi connectivity index (χ4n) is 4.30. The molecule has 6 nitrogen and oxygen atoms in total. The number of anilines is 2. The molecule has 1 aliphatic heterocycles. The molecule has 2 N–H and O–H groups in total. The first-order valence-electron chi connectivity index (χ1n) is 10.9. The lowest BCUT2D eigenvalue weighted by Crippen LogP contribution is -2.49. The number of hydrogen-bond acceptors (Lipinski definition) is 6. The zero-order valence-electron chi connectivity index (χ0n) is 18.5. The highest BCUT2D eigenvalue weighted by Crippen LogP contribution is 2.35. The molecule has 0 amide bonds. The lowest BCUT2D eigenvalue weighted by molar-refractivity contribution is 0.317. The van der Waals surface area contributed by atoms with Crippen molar-refractivity contribution in [1.29, 1.82) is 5.26 Å². The Morgan fingerprint density at radius 1 is 1.10 bits per heavy atom. The van der Waals surface area contributed by atoms with Crippen LogP contribution in [0.2, 0.25) is 0 Å². The first-order chi connectivity index (χ1) is 14.9. The summed E-state index contributed by atoms with van der Waals surface area (Å²) in [5.41, 5.74) is 3.74. The lowest BCUT2D eigenvalue weighted by Gasteiger charge is -2.38. The van der Waals surface area contributed by atoms with E-state index in [1.54, 1.807) is 12.4 Å². The van der Waals surface area contributed by atoms with Crippen molar-refractivity contribution in [3.63, 3.8) is 0 Å². The average molecular weight is 415 g/mol. The quantitative estimate of drug-likeness (QED) is 0.641. The van der Waals surface area contributed by atoms with Crippen molar-refractivity contribution < 1.29 is 0 Å². The summed E-state index contributed by atoms with van der Waals surface area (Å²) in [7, 11) is 0. The largest absolute Gasteiger partial charge is 0.370 e. The molecule has 1 aliphatic rings. The molecule has 1 aromatic carbocycles. The second-order valence-corrected chi connectivity index (χ2v) is 9.18. The van der Waals surface area contributed by atoms with E-state index in [0.29, 0.717) is 24.0 Å². The maximum atomic E-state index is 10.1. The fourth-order valence-corrected chi connectivity index (χ4v) is 4.30. The van der Waals surface area contributed by atoms with Gasteiger partial charge in [-0.15, -0.1) is 0 Å². The SMILES string of the molecule is CC(C)(C)NC1CCN(c2c(C#N)c(NCc3ccncc3)nc3ccccc23)CC1. The van der Waals surface area contributed by atoms with E-state index in [0.717, 1.165) is 48.1 Å². The maximum absolute atomic E-state index is 10.1. The zero-order chi connectivity index (χ0) is 21.8. The minimum absolute atomic E-state index is 0.109. The monoisotopic (exact) mass is 414 g/mol. The molecule has 1 fully saturated rings. The molecule has 0 aliphatic carbocycles. The van der Waals surface area contributed by atoms with Gasteiger partial charge in [0.15, 0.2) is 0 Å². The van der Waals surface area contributed by atoms with Crippen molar-refractivity contribution in [1.82, 2.24) is 15.3 Å². The standard InChI is InChI=1S/C25H30N6/c1-25(2,3)30-19-10-14-31(15-11-19)23-20-6-4-5-7-22(20)29-24(21(23)16-26)28-17-18-8-12-27-13-9-18/h4-9,12-13,19,30H,10-11,14-15,17H2,1-3H3,(H,28,29). The summed E-state index contributed by atoms with van der Waals surface area (Å²) in [6.45, 7) is 9.07. The molecule has 0 unspecified atom stereocenters. The van der Waals surface area contributed by atoms with Crippen LogP contribution in [0.15, 0.2) is 48.8 Å². The van der Waals surface area contributed by atoms with Gasteiger partial charge in [0, 0.05) is 49.0 Å². The number of para-hydroxylation sites is 1. The van der Waals surface area contributed by atoms with Crippen LogP contribution in [0.4, 0.5) is 11.5 Å². The molecule has 0 spiro atoms. The van der Waals surface area contributed by atoms with Crippen LogP contribution in [0, 0.1) is 11.3 Å². The number of piperidine rings is 1. The van der Waals surface area contributed by atoms with Crippen LogP contribution in [-0.2, 0) is 6.54 Å². The molecular weight excluding hydrogens is 384 g/mol. The predicted molar refractivity (Wildman–Crippen MR) is 126 cm³/mol. The van der Waals surface area contributed by atoms with E-state index >= 15 is 0 Å². The van der Waals surface area contributed by atoms with E-state index < -0.39 is 0 Å². The Hall–Kier alpha value is -3.17. The summed E-state index contributed by atoms with van der Waals surface area (Å²) in [5.74, 6) is 0.642. The van der Waals surface area contributed by atoms with Gasteiger partial charge < -0.3 is 15.5 Å². The molecule has 3 aromatic rings. The Labute approximate surface area is 184 Å². The molecular formula is C25H30N6. The first-order valence-corrected chi connectivity index (χ1v) is 10.9. The topological polar surface area (TPSA) is 76.9 Å². The zero-order valence-corrected chi connectivity index (χ0v) is 18.5. The molecule has 0 radical (unpaired) electrons. The molecule has 31 heavy (non-hydrogen) atoms. The summed E-state index contributed by atoms with van der Waals surface area (Å²) in [6.07, 6.45) is 5.66. The summed E-state index contributed by atoms with van der Waals surface area (Å²) < 4.78 is 0. The highest BCUT2D eigenvalue weighted by molar-refractivity contribution is 5.97. The minimum atomic E-state index is 0.109. The van der Waals surface area contributed by atoms with E-state index in [9.17, 15) is 5.26 Å². The number of rotatable bonds is 5. The van der Waals surface area contributed by atoms with Crippen molar-refractivity contribution in [3.8, 4) is 6.07 Å². The molecule has 3 heterocycles. The van der Waals surface area contributed by atoms with Crippen LogP contribution < -0.4 is 15.5 Å². The smallest absolute Gasteiger partial charge is 0.147 e. The summed E-state index contributed by atoms with van der Waals surface area (Å²) in [4.78, 5) is 11.2. The third-order valence-electron chi connectivity index (χ3n) is 5.63. The molecule has 2 aromatic heterocycles. The number of fused-ring (bicyclic) bond motifs is 1. The van der Waals surface area contributed by atoms with Crippen molar-refractivity contribution in [2.45, 2.75) is 51.7 Å². The van der Waals surface area contributed by atoms with Crippen molar-refractivity contribution in [2.24, 2.45) is 0 Å². The molecule has 0 atom stereocenters. The van der Waals surface area contributed by atoms with Gasteiger partial charge in [0.05, 0.1) is 11.2 Å². The van der Waals surface area contributed by atoms with Gasteiger partial charge >= 0.3 is 0 Å². The number of hydrogen-bond donors (Lipinski definition) is 2. The Morgan fingerprint density at radius 3 is 2.48 bits per heavy atom. The Morgan fingerprint density at radius 2 is 1.81 bits per heavy atom. The van der Waals surface area contributed by atoms with Crippen LogP contribution in [0.3, 0.4) is 0 Å². The normalized spacial score (nSPS) is 15.1. The van der Waals surface area contributed by atoms with Crippen molar-refractivity contribution in [3.05, 3.63) is 59.9 Å². The van der Waals surface area contributed by atoms with E-state index in [1.807, 2.05) is 30.3 Å². The molecule has 160 valence electrons. The molecule has 0 saturated carbocycles. The second kappa shape index (κ2) is 8.91. The number of nitriles is 1. The summed E-state index contributed by atoms with van der Waals surface area (Å²) in [6, 6.07) is 15.0. The van der Waals surface area contributed by atoms with Gasteiger partial charge in [-0.05, 0) is 57.4 Å². The van der Waals surface area contributed by atoms with Crippen LogP contribution in [0.1, 0.15) is 44.7 Å². The highest BCUT2D eigenvalue weighted by Gasteiger charge is 2.26. The molecule has 0 bridgehead atoms. The lowest BCUT2D eigenvalue weighted by atomic mass is 9.98. The van der Waals surface area contributed by atoms with Gasteiger partial charge in [0.1, 0.15) is 17.5 Å². The number of nitrogens with one attached hydrogen (secondary N) is 2. The van der Waals surface area contributed by atoms with Crippen molar-refractivity contribution in [2.75, 3.05) is 23.3 Å². The second-order valence-electron chi connectivity index (χ2n) is 9.18. The Balaban J connectivity index is 1.65. The number of nitrogens with zero attached hydrogens (tertiary/aromatic N) is 4. The number of pyridine rings is 2. The molecule has 1 saturated heterocycles. The number of aromatic nitrogens is 2. The van der Waals surface area contributed by atoms with Crippen LogP contribution in [-0.4, -0.2) is 34.6 Å². The average Bonchev–Trinajstić information content (AvgIpc) is 2.77. The van der Waals surface area contributed by atoms with E-state index in [4.69, 9.17) is 4.98 Å². The van der Waals surface area contributed by atoms with E-state index in [-0.39, 0.29) is 5.54 Å². The van der Waals surface area contributed by atoms with Crippen molar-refractivity contribution >= 4 is 22.4 Å². The van der Waals surface area contributed by atoms with Gasteiger partial charge in [-0.1, -0.05) is 18.2 Å². The summed E-state index contributed by atoms with van der Waals surface area (Å²) in [5, 5.41) is 18.3. The highest BCUT2D eigenvalue weighted by atomic mass is 15.2. The molecule has 4 rings (SSSR count). The predicted octanol–water partition coefficient (Wildman–Crippen LogP) is 4.47. The Kier molecular flexibility index (Phi) is 6.06. The third kappa shape index (κ3) is 4.95. The summed E-state index contributed by atoms with van der Waals surface area (Å²) >= 11 is 0. The van der Waals surface area contributed by atoms with Gasteiger partial charge in [-0.25, -0.2) is 4.98 Å². The fraction of sp³-hybridized carbons (Fsp3) is 0.400. The van der Waals surface area contributed by atoms with Gasteiger partial charge in [0.25, 0.3) is 0 Å². The Bertz CT molecular complexity index is 1070. The van der Waals surface area contributed by atoms with E-state index in [1.165, 1.54) is 0 Å². The third-order valence-corrected chi connectivity index (χ3v) is 5.63. The van der Waals surface area contributed by atoms with Gasteiger partial charge in [-0.2, -0.15) is 5.26 Å². The van der Waals surface area contributed by atoms with Gasteiger partial charge in [0.2, 0.25) is 0 Å². The number of benzene rings is 1. The van der Waals surface area contributed by atoms with Gasteiger partial charge in [-0.3, -0.25) is 4.98 Å². The maximum Gasteiger partial charge on any atom is 0.147 e. The van der Waals surface area contributed by atoms with E-state index in [2.05, 4.69) is 53.4 Å². The minimum Gasteiger partial charge on any atom is -0.370 e. The van der Waals surface area contributed by atoms with Crippen LogP contribution >= 0.6 is 0 Å². The van der Waals surface area contributed by atoms with Crippen LogP contribution in [0.5, 0.6) is 0 Å². The molecule has 6 heteroatoms.